The number of carbonyl (C=O) groups excluding carboxylic acids is 1. The molecule has 1 saturated carbocycles. The van der Waals surface area contributed by atoms with Crippen molar-refractivity contribution in [2.75, 3.05) is 0 Å². The summed E-state index contributed by atoms with van der Waals surface area (Å²) in [5.74, 6) is -0.0433. The number of nitrogens with zero attached hydrogens (tertiary/aromatic N) is 2. The molecule has 0 atom stereocenters. The van der Waals surface area contributed by atoms with Crippen LogP contribution in [0.4, 0.5) is 0 Å². The van der Waals surface area contributed by atoms with Crippen LogP contribution in [0.2, 0.25) is 0 Å². The predicted molar refractivity (Wildman–Crippen MR) is 76.4 cm³/mol. The second-order valence-electron chi connectivity index (χ2n) is 5.23. The van der Waals surface area contributed by atoms with Crippen LogP contribution in [0.15, 0.2) is 35.3 Å². The fourth-order valence-corrected chi connectivity index (χ4v) is 2.77. The number of para-hydroxylation sites is 1. The molecule has 0 unspecified atom stereocenters. The third-order valence-electron chi connectivity index (χ3n) is 3.78. The molecule has 3 rings (SSSR count). The molecule has 20 heavy (non-hydrogen) atoms. The van der Waals surface area contributed by atoms with E-state index < -0.39 is 0 Å². The predicted octanol–water partition coefficient (Wildman–Crippen LogP) is 1.46. The Labute approximate surface area is 116 Å². The highest BCUT2D eigenvalue weighted by Crippen LogP contribution is 2.17. The first-order chi connectivity index (χ1) is 9.74. The first-order valence-corrected chi connectivity index (χ1v) is 6.98. The first kappa shape index (κ1) is 12.8. The molecule has 1 N–H and O–H groups in total. The zero-order chi connectivity index (χ0) is 13.9. The molecule has 0 aliphatic heterocycles. The van der Waals surface area contributed by atoms with E-state index >= 15 is 0 Å². The van der Waals surface area contributed by atoms with E-state index in [9.17, 15) is 9.59 Å². The maximum Gasteiger partial charge on any atom is 0.241 e. The lowest BCUT2D eigenvalue weighted by Crippen LogP contribution is -2.35. The van der Waals surface area contributed by atoms with Crippen molar-refractivity contribution in [2.24, 2.45) is 0 Å². The SMILES string of the molecule is O=C(Cn1ncc(=O)c2ccccc21)NC1CCCC1. The number of carbonyl (C=O) groups is 1. The van der Waals surface area contributed by atoms with Gasteiger partial charge in [-0.25, -0.2) is 0 Å². The molecule has 2 aromatic rings. The summed E-state index contributed by atoms with van der Waals surface area (Å²) in [7, 11) is 0. The first-order valence-electron chi connectivity index (χ1n) is 6.98. The van der Waals surface area contributed by atoms with Crippen molar-refractivity contribution in [3.8, 4) is 0 Å². The summed E-state index contributed by atoms with van der Waals surface area (Å²) < 4.78 is 1.58. The van der Waals surface area contributed by atoms with Crippen molar-refractivity contribution in [2.45, 2.75) is 38.3 Å². The van der Waals surface area contributed by atoms with Gasteiger partial charge in [-0.3, -0.25) is 14.3 Å². The van der Waals surface area contributed by atoms with E-state index in [1.807, 2.05) is 18.2 Å². The van der Waals surface area contributed by atoms with Crippen LogP contribution in [0.3, 0.4) is 0 Å². The highest BCUT2D eigenvalue weighted by Gasteiger charge is 2.17. The molecule has 1 aliphatic rings. The molecule has 1 amide bonds. The number of rotatable bonds is 3. The monoisotopic (exact) mass is 271 g/mol. The van der Waals surface area contributed by atoms with Crippen LogP contribution in [0.25, 0.3) is 10.9 Å². The van der Waals surface area contributed by atoms with E-state index in [0.717, 1.165) is 12.8 Å². The summed E-state index contributed by atoms with van der Waals surface area (Å²) in [5.41, 5.74) is 0.578. The number of hydrogen-bond donors (Lipinski definition) is 1. The zero-order valence-corrected chi connectivity index (χ0v) is 11.2. The van der Waals surface area contributed by atoms with Gasteiger partial charge in [0.15, 0.2) is 0 Å². The molecule has 5 nitrogen and oxygen atoms in total. The van der Waals surface area contributed by atoms with Gasteiger partial charge in [0.1, 0.15) is 6.54 Å². The molecule has 1 heterocycles. The van der Waals surface area contributed by atoms with Crippen LogP contribution in [-0.2, 0) is 11.3 Å². The van der Waals surface area contributed by atoms with Crippen LogP contribution >= 0.6 is 0 Å². The summed E-state index contributed by atoms with van der Waals surface area (Å²) in [5, 5.41) is 7.69. The maximum absolute atomic E-state index is 12.0. The average molecular weight is 271 g/mol. The van der Waals surface area contributed by atoms with E-state index in [4.69, 9.17) is 0 Å². The molecule has 1 aromatic heterocycles. The Morgan fingerprint density at radius 1 is 1.30 bits per heavy atom. The minimum Gasteiger partial charge on any atom is -0.352 e. The lowest BCUT2D eigenvalue weighted by Gasteiger charge is -2.13. The van der Waals surface area contributed by atoms with Gasteiger partial charge in [-0.15, -0.1) is 0 Å². The van der Waals surface area contributed by atoms with E-state index in [-0.39, 0.29) is 17.9 Å². The second-order valence-corrected chi connectivity index (χ2v) is 5.23. The van der Waals surface area contributed by atoms with Gasteiger partial charge in [0.25, 0.3) is 0 Å². The lowest BCUT2D eigenvalue weighted by atomic mass is 10.2. The molecule has 1 fully saturated rings. The summed E-state index contributed by atoms with van der Waals surface area (Å²) in [4.78, 5) is 23.8. The summed E-state index contributed by atoms with van der Waals surface area (Å²) in [6.07, 6.45) is 5.76. The van der Waals surface area contributed by atoms with Crippen LogP contribution in [0.5, 0.6) is 0 Å². The van der Waals surface area contributed by atoms with Gasteiger partial charge in [-0.05, 0) is 25.0 Å². The zero-order valence-electron chi connectivity index (χ0n) is 11.2. The molecule has 0 spiro atoms. The van der Waals surface area contributed by atoms with Gasteiger partial charge in [0.2, 0.25) is 11.3 Å². The number of benzene rings is 1. The van der Waals surface area contributed by atoms with Gasteiger partial charge in [-0.2, -0.15) is 5.10 Å². The van der Waals surface area contributed by atoms with E-state index in [2.05, 4.69) is 10.4 Å². The molecule has 0 bridgehead atoms. The lowest BCUT2D eigenvalue weighted by molar-refractivity contribution is -0.122. The van der Waals surface area contributed by atoms with Crippen molar-refractivity contribution >= 4 is 16.8 Å². The summed E-state index contributed by atoms with van der Waals surface area (Å²) in [6.45, 7) is 0.150. The van der Waals surface area contributed by atoms with Crippen molar-refractivity contribution in [3.63, 3.8) is 0 Å². The van der Waals surface area contributed by atoms with Crippen LogP contribution in [-0.4, -0.2) is 21.7 Å². The third kappa shape index (κ3) is 2.57. The van der Waals surface area contributed by atoms with Crippen LogP contribution < -0.4 is 10.7 Å². The standard InChI is InChI=1S/C15H17N3O2/c19-14-9-16-18(13-8-4-3-7-12(13)14)10-15(20)17-11-5-1-2-6-11/h3-4,7-9,11H,1-2,5-6,10H2,(H,17,20). The fraction of sp³-hybridized carbons (Fsp3) is 0.400. The molecule has 104 valence electrons. The Morgan fingerprint density at radius 3 is 2.85 bits per heavy atom. The van der Waals surface area contributed by atoms with E-state index in [1.54, 1.807) is 10.7 Å². The van der Waals surface area contributed by atoms with E-state index in [0.29, 0.717) is 16.9 Å². The van der Waals surface area contributed by atoms with Gasteiger partial charge in [0, 0.05) is 11.4 Å². The quantitative estimate of drug-likeness (QED) is 0.919. The highest BCUT2D eigenvalue weighted by molar-refractivity contribution is 5.81. The van der Waals surface area contributed by atoms with Crippen molar-refractivity contribution in [1.29, 1.82) is 0 Å². The topological polar surface area (TPSA) is 64.0 Å². The Hall–Kier alpha value is -2.17. The van der Waals surface area contributed by atoms with Gasteiger partial charge < -0.3 is 5.32 Å². The van der Waals surface area contributed by atoms with Crippen LogP contribution in [0, 0.1) is 0 Å². The summed E-state index contributed by atoms with van der Waals surface area (Å²) >= 11 is 0. The van der Waals surface area contributed by atoms with Gasteiger partial charge >= 0.3 is 0 Å². The molecular formula is C15H17N3O2. The second kappa shape index (κ2) is 5.45. The smallest absolute Gasteiger partial charge is 0.241 e. The minimum absolute atomic E-state index is 0.0433. The van der Waals surface area contributed by atoms with Crippen molar-refractivity contribution < 1.29 is 4.79 Å². The highest BCUT2D eigenvalue weighted by atomic mass is 16.2. The van der Waals surface area contributed by atoms with Crippen molar-refractivity contribution in [3.05, 3.63) is 40.7 Å². The largest absolute Gasteiger partial charge is 0.352 e. The Kier molecular flexibility index (Phi) is 3.50. The summed E-state index contributed by atoms with van der Waals surface area (Å²) in [6, 6.07) is 7.52. The maximum atomic E-state index is 12.0. The Bertz CT molecular complexity index is 687. The number of hydrogen-bond acceptors (Lipinski definition) is 3. The number of aromatic nitrogens is 2. The molecule has 0 radical (unpaired) electrons. The van der Waals surface area contributed by atoms with Gasteiger partial charge in [0.05, 0.1) is 11.7 Å². The third-order valence-corrected chi connectivity index (χ3v) is 3.78. The Morgan fingerprint density at radius 2 is 2.05 bits per heavy atom. The Balaban J connectivity index is 1.82. The van der Waals surface area contributed by atoms with E-state index in [1.165, 1.54) is 19.0 Å². The van der Waals surface area contributed by atoms with Crippen LogP contribution in [0.1, 0.15) is 25.7 Å². The van der Waals surface area contributed by atoms with Gasteiger partial charge in [-0.1, -0.05) is 25.0 Å². The molecular weight excluding hydrogens is 254 g/mol. The average Bonchev–Trinajstić information content (AvgIpc) is 2.95. The van der Waals surface area contributed by atoms with Crippen molar-refractivity contribution in [1.82, 2.24) is 15.1 Å². The molecule has 1 aromatic carbocycles. The molecule has 5 heteroatoms. The molecule has 1 aliphatic carbocycles. The normalized spacial score (nSPS) is 15.6. The minimum atomic E-state index is -0.118. The number of nitrogens with one attached hydrogen (secondary N) is 1. The molecule has 0 saturated heterocycles. The number of fused-ring (bicyclic) bond motifs is 1. The number of amides is 1. The fourth-order valence-electron chi connectivity index (χ4n) is 2.77.